The normalized spacial score (nSPS) is 28.5. The summed E-state index contributed by atoms with van der Waals surface area (Å²) in [5.74, 6) is -5.88. The number of carbonyl (C=O) groups is 4. The number of ether oxygens (including phenoxy) is 1. The van der Waals surface area contributed by atoms with Crippen molar-refractivity contribution < 1.29 is 33.4 Å². The van der Waals surface area contributed by atoms with Crippen LogP contribution in [0.5, 0.6) is 11.5 Å². The molecule has 0 spiro atoms. The third kappa shape index (κ3) is 4.12. The van der Waals surface area contributed by atoms with Crippen LogP contribution in [-0.2, 0) is 24.6 Å². The van der Waals surface area contributed by atoms with Gasteiger partial charge in [-0.2, -0.15) is 5.01 Å². The lowest BCUT2D eigenvalue weighted by Crippen LogP contribution is -2.53. The van der Waals surface area contributed by atoms with Crippen molar-refractivity contribution in [3.63, 3.8) is 0 Å². The summed E-state index contributed by atoms with van der Waals surface area (Å²) in [6.45, 7) is 1.98. The summed E-state index contributed by atoms with van der Waals surface area (Å²) in [6.07, 6.45) is 2.28. The first-order chi connectivity index (χ1) is 22.1. The molecule has 0 radical (unpaired) electrons. The molecule has 2 saturated heterocycles. The van der Waals surface area contributed by atoms with Crippen LogP contribution in [0, 0.1) is 29.5 Å². The van der Waals surface area contributed by atoms with Gasteiger partial charge in [0.05, 0.1) is 36.0 Å². The van der Waals surface area contributed by atoms with Crippen molar-refractivity contribution in [2.45, 2.75) is 31.1 Å². The van der Waals surface area contributed by atoms with E-state index < -0.39 is 52.6 Å². The molecular weight excluding hydrogens is 613 g/mol. The molecule has 2 heterocycles. The van der Waals surface area contributed by atoms with Crippen LogP contribution in [0.1, 0.15) is 36.8 Å². The second-order valence-corrected chi connectivity index (χ2v) is 12.6. The molecule has 9 nitrogen and oxygen atoms in total. The third-order valence-electron chi connectivity index (χ3n) is 10.2. The number of likely N-dealkylation sites (tertiary alicyclic amines) is 1. The molecule has 3 aromatic carbocycles. The van der Waals surface area contributed by atoms with Gasteiger partial charge >= 0.3 is 0 Å². The number of hydrazine groups is 1. The van der Waals surface area contributed by atoms with Gasteiger partial charge in [-0.3, -0.25) is 29.5 Å². The van der Waals surface area contributed by atoms with Crippen LogP contribution in [0.4, 0.5) is 10.1 Å². The highest BCUT2D eigenvalue weighted by Crippen LogP contribution is 2.65. The molecule has 3 aromatic rings. The Kier molecular flexibility index (Phi) is 7.15. The van der Waals surface area contributed by atoms with Gasteiger partial charge in [0, 0.05) is 23.0 Å². The highest BCUT2D eigenvalue weighted by molar-refractivity contribution is 6.30. The van der Waals surface area contributed by atoms with Gasteiger partial charge in [0.2, 0.25) is 11.8 Å². The molecular formula is C35H31ClFN3O6. The first-order valence-corrected chi connectivity index (χ1v) is 15.6. The molecule has 7 rings (SSSR count). The Morgan fingerprint density at radius 3 is 2.37 bits per heavy atom. The minimum atomic E-state index is -1.62. The van der Waals surface area contributed by atoms with E-state index in [9.17, 15) is 23.9 Å². The number of fused-ring (bicyclic) bond motifs is 4. The first-order valence-electron chi connectivity index (χ1n) is 15.2. The number of rotatable bonds is 6. The maximum Gasteiger partial charge on any atom is 0.260 e. The van der Waals surface area contributed by atoms with Crippen LogP contribution in [0.2, 0.25) is 5.02 Å². The minimum Gasteiger partial charge on any atom is -0.508 e. The molecule has 4 aliphatic rings. The zero-order valence-electron chi connectivity index (χ0n) is 25.1. The average molecular weight is 644 g/mol. The van der Waals surface area contributed by atoms with E-state index in [2.05, 4.69) is 5.43 Å². The zero-order chi connectivity index (χ0) is 32.5. The van der Waals surface area contributed by atoms with Gasteiger partial charge in [-0.15, -0.1) is 0 Å². The lowest BCUT2D eigenvalue weighted by molar-refractivity contribution is -0.141. The van der Waals surface area contributed by atoms with Crippen molar-refractivity contribution in [3.05, 3.63) is 100 Å². The van der Waals surface area contributed by atoms with E-state index in [1.165, 1.54) is 42.3 Å². The van der Waals surface area contributed by atoms with Gasteiger partial charge < -0.3 is 9.84 Å². The van der Waals surface area contributed by atoms with Crippen LogP contribution < -0.4 is 10.2 Å². The highest BCUT2D eigenvalue weighted by atomic mass is 35.5. The van der Waals surface area contributed by atoms with Crippen molar-refractivity contribution in [3.8, 4) is 11.5 Å². The maximum atomic E-state index is 15.1. The van der Waals surface area contributed by atoms with Gasteiger partial charge in [-0.05, 0) is 79.8 Å². The Labute approximate surface area is 269 Å². The number of amides is 4. The maximum absolute atomic E-state index is 15.1. The van der Waals surface area contributed by atoms with Crippen molar-refractivity contribution in [2.24, 2.45) is 23.7 Å². The number of aromatic hydroxyl groups is 1. The van der Waals surface area contributed by atoms with E-state index in [0.717, 1.165) is 5.01 Å². The number of imide groups is 2. The minimum absolute atomic E-state index is 0.102. The number of phenols is 1. The summed E-state index contributed by atoms with van der Waals surface area (Å²) in [7, 11) is 1.46. The molecule has 2 N–H and O–H groups in total. The molecule has 236 valence electrons. The number of phenolic OH excluding ortho intramolecular Hbond substituents is 1. The Hall–Kier alpha value is -4.70. The number of hydrogen-bond acceptors (Lipinski definition) is 7. The molecule has 1 saturated carbocycles. The average Bonchev–Trinajstić information content (AvgIpc) is 3.43. The fourth-order valence-corrected chi connectivity index (χ4v) is 8.47. The van der Waals surface area contributed by atoms with Gasteiger partial charge in [0.25, 0.3) is 11.8 Å². The van der Waals surface area contributed by atoms with Crippen molar-refractivity contribution in [1.29, 1.82) is 0 Å². The van der Waals surface area contributed by atoms with E-state index in [-0.39, 0.29) is 37.0 Å². The van der Waals surface area contributed by atoms with E-state index >= 15 is 4.79 Å². The molecule has 2 aliphatic heterocycles. The second kappa shape index (κ2) is 11.0. The van der Waals surface area contributed by atoms with Gasteiger partial charge in [-0.25, -0.2) is 4.39 Å². The topological polar surface area (TPSA) is 116 Å². The molecule has 0 aromatic heterocycles. The number of anilines is 1. The van der Waals surface area contributed by atoms with Crippen LogP contribution in [0.15, 0.2) is 78.4 Å². The van der Waals surface area contributed by atoms with E-state index in [1.54, 1.807) is 43.3 Å². The van der Waals surface area contributed by atoms with Crippen LogP contribution >= 0.6 is 11.6 Å². The van der Waals surface area contributed by atoms with Gasteiger partial charge in [0.1, 0.15) is 17.3 Å². The Bertz CT molecular complexity index is 1810. The number of allylic oxidation sites excluding steroid dienone is 2. The summed E-state index contributed by atoms with van der Waals surface area (Å²) < 4.78 is 19.5. The first kappa shape index (κ1) is 30.0. The largest absolute Gasteiger partial charge is 0.508 e. The van der Waals surface area contributed by atoms with Crippen LogP contribution in [0.3, 0.4) is 0 Å². The number of nitrogens with zero attached hydrogens (tertiary/aromatic N) is 2. The van der Waals surface area contributed by atoms with Crippen molar-refractivity contribution >= 4 is 40.9 Å². The Morgan fingerprint density at radius 1 is 0.978 bits per heavy atom. The highest BCUT2D eigenvalue weighted by Gasteiger charge is 2.71. The fraction of sp³-hybridized carbons (Fsp3) is 0.314. The quantitative estimate of drug-likeness (QED) is 0.280. The Morgan fingerprint density at radius 2 is 1.70 bits per heavy atom. The van der Waals surface area contributed by atoms with Gasteiger partial charge in [0.15, 0.2) is 0 Å². The lowest BCUT2D eigenvalue weighted by atomic mass is 9.49. The number of benzene rings is 3. The number of halogens is 2. The summed E-state index contributed by atoms with van der Waals surface area (Å²) >= 11 is 6.31. The van der Waals surface area contributed by atoms with E-state index in [0.29, 0.717) is 33.2 Å². The fourth-order valence-electron chi connectivity index (χ4n) is 8.35. The number of methoxy groups -OCH3 is 1. The van der Waals surface area contributed by atoms with E-state index in [4.69, 9.17) is 16.3 Å². The summed E-state index contributed by atoms with van der Waals surface area (Å²) in [5.41, 5.74) is 3.08. The second-order valence-electron chi connectivity index (χ2n) is 12.2. The number of nitrogens with one attached hydrogen (secondary N) is 1. The molecule has 0 bridgehead atoms. The third-order valence-corrected chi connectivity index (χ3v) is 10.5. The molecule has 6 atom stereocenters. The number of carbonyl (C=O) groups excluding carboxylic acids is 4. The van der Waals surface area contributed by atoms with Gasteiger partial charge in [-0.1, -0.05) is 41.4 Å². The van der Waals surface area contributed by atoms with Crippen molar-refractivity contribution in [1.82, 2.24) is 9.91 Å². The molecule has 11 heteroatoms. The molecule has 46 heavy (non-hydrogen) atoms. The summed E-state index contributed by atoms with van der Waals surface area (Å²) in [6, 6.07) is 16.8. The van der Waals surface area contributed by atoms with Crippen LogP contribution in [0.25, 0.3) is 0 Å². The SMILES string of the molecule is CCN1C(=O)C2CC=C3C(CC4C(=O)N(Nc5ccc(F)cc5)C(=O)C4(c4ccc(Cl)cc4)C3c3c(O)cccc3OC)C2C1=O. The van der Waals surface area contributed by atoms with E-state index in [1.807, 2.05) is 6.08 Å². The molecule has 2 aliphatic carbocycles. The standard InChI is InChI=1S/C35H31ClFN3O6/c1-3-39-31(42)23-16-15-22-24(28(23)33(39)44)17-25-32(43)40(38-21-13-11-20(37)12-14-21)34(45)35(25,18-7-9-19(36)10-8-18)30(22)29-26(41)5-4-6-27(29)46-2/h4-15,23-25,28,30,38,41H,3,16-17H2,1-2H3. The predicted molar refractivity (Wildman–Crippen MR) is 166 cm³/mol. The molecule has 4 amide bonds. The predicted octanol–water partition coefficient (Wildman–Crippen LogP) is 5.20. The zero-order valence-corrected chi connectivity index (χ0v) is 25.8. The summed E-state index contributed by atoms with van der Waals surface area (Å²) in [4.78, 5) is 58.1. The summed E-state index contributed by atoms with van der Waals surface area (Å²) in [5, 5.41) is 12.9. The smallest absolute Gasteiger partial charge is 0.260 e. The molecule has 3 fully saturated rings. The van der Waals surface area contributed by atoms with Crippen LogP contribution in [-0.4, -0.2) is 52.3 Å². The lowest BCUT2D eigenvalue weighted by Gasteiger charge is -2.50. The Balaban J connectivity index is 1.50. The van der Waals surface area contributed by atoms with Crippen molar-refractivity contribution in [2.75, 3.05) is 19.1 Å². The number of hydrogen-bond donors (Lipinski definition) is 2. The molecule has 6 unspecified atom stereocenters. The monoisotopic (exact) mass is 643 g/mol.